The lowest BCUT2D eigenvalue weighted by molar-refractivity contribution is 0.839. The van der Waals surface area contributed by atoms with Gasteiger partial charge >= 0.3 is 0 Å². The molecule has 3 heteroatoms. The molecule has 3 nitrogen and oxygen atoms in total. The Morgan fingerprint density at radius 2 is 1.24 bits per heavy atom. The van der Waals surface area contributed by atoms with Crippen molar-refractivity contribution in [3.63, 3.8) is 0 Å². The molecule has 0 aliphatic carbocycles. The first-order valence-corrected chi connectivity index (χ1v) is 10.7. The van der Waals surface area contributed by atoms with Gasteiger partial charge < -0.3 is 5.32 Å². The first-order valence-electron chi connectivity index (χ1n) is 10.7. The number of hydrogen-bond acceptors (Lipinski definition) is 1. The predicted octanol–water partition coefficient (Wildman–Crippen LogP) is 7.95. The van der Waals surface area contributed by atoms with Gasteiger partial charge in [-0.1, -0.05) is 77.9 Å². The molecule has 0 spiro atoms. The molecular weight excluding hydrogens is 354 g/mol. The van der Waals surface area contributed by atoms with Crippen LogP contribution in [0.5, 0.6) is 0 Å². The Hall–Kier alpha value is -2.42. The fourth-order valence-electron chi connectivity index (χ4n) is 3.51. The molecule has 2 aromatic carbocycles. The molecule has 0 aliphatic heterocycles. The smallest absolute Gasteiger partial charge is 0.227 e. The second-order valence-electron chi connectivity index (χ2n) is 8.91. The quantitative estimate of drug-likeness (QED) is 0.407. The van der Waals surface area contributed by atoms with E-state index < -0.39 is 0 Å². The molecule has 156 valence electrons. The summed E-state index contributed by atoms with van der Waals surface area (Å²) in [5.41, 5.74) is 8.13. The van der Waals surface area contributed by atoms with Crippen LogP contribution < -0.4 is 5.32 Å². The number of benzene rings is 2. The summed E-state index contributed by atoms with van der Waals surface area (Å²) in [6.45, 7) is 19.5. The lowest BCUT2D eigenvalue weighted by Crippen LogP contribution is -2.15. The lowest BCUT2D eigenvalue weighted by atomic mass is 9.93. The fourth-order valence-corrected chi connectivity index (χ4v) is 3.51. The van der Waals surface area contributed by atoms with E-state index in [2.05, 4.69) is 90.2 Å². The summed E-state index contributed by atoms with van der Waals surface area (Å²) in [4.78, 5) is 9.80. The first kappa shape index (κ1) is 22.9. The van der Waals surface area contributed by atoms with Crippen molar-refractivity contribution in [3.05, 3.63) is 58.7 Å². The van der Waals surface area contributed by atoms with Crippen molar-refractivity contribution in [3.8, 4) is 0 Å². The predicted molar refractivity (Wildman–Crippen MR) is 129 cm³/mol. The van der Waals surface area contributed by atoms with Gasteiger partial charge in [-0.15, -0.1) is 0 Å². The van der Waals surface area contributed by atoms with Crippen molar-refractivity contribution >= 4 is 23.0 Å². The molecule has 0 aliphatic rings. The van der Waals surface area contributed by atoms with Crippen LogP contribution in [0.1, 0.15) is 95.4 Å². The molecule has 0 saturated carbocycles. The summed E-state index contributed by atoms with van der Waals surface area (Å²) in [6.07, 6.45) is 0. The number of nitrogens with one attached hydrogen (secondary N) is 1. The molecule has 0 fully saturated rings. The number of para-hydroxylation sites is 2. The van der Waals surface area contributed by atoms with Crippen LogP contribution in [0, 0.1) is 6.92 Å². The average Bonchev–Trinajstić information content (AvgIpc) is 2.62. The van der Waals surface area contributed by atoms with E-state index in [9.17, 15) is 0 Å². The standard InChI is InChI=1S/C26H37N3/c1-16(2)21-13-10-12-20(9)24(21)28-26(27-19(7)8)29-25-22(17(3)4)14-11-15-23(25)18(5)6/h10-18H,1-9H3,(H,28,29). The number of aryl methyl sites for hydroxylation is 1. The van der Waals surface area contributed by atoms with E-state index in [1.165, 1.54) is 22.3 Å². The molecule has 29 heavy (non-hydrogen) atoms. The first-order chi connectivity index (χ1) is 13.6. The highest BCUT2D eigenvalue weighted by Crippen LogP contribution is 2.34. The summed E-state index contributed by atoms with van der Waals surface area (Å²) in [6, 6.07) is 12.9. The highest BCUT2D eigenvalue weighted by atomic mass is 15.1. The molecule has 0 bridgehead atoms. The second kappa shape index (κ2) is 9.87. The topological polar surface area (TPSA) is 36.8 Å². The third-order valence-corrected chi connectivity index (χ3v) is 5.05. The van der Waals surface area contributed by atoms with E-state index in [1.54, 1.807) is 0 Å². The Morgan fingerprint density at radius 3 is 1.72 bits per heavy atom. The van der Waals surface area contributed by atoms with Gasteiger partial charge in [0.1, 0.15) is 0 Å². The molecule has 0 amide bonds. The molecule has 0 aromatic heterocycles. The normalized spacial score (nSPS) is 12.1. The molecule has 0 radical (unpaired) electrons. The van der Waals surface area contributed by atoms with Crippen molar-refractivity contribution in [1.82, 2.24) is 0 Å². The molecule has 0 unspecified atom stereocenters. The largest absolute Gasteiger partial charge is 0.324 e. The van der Waals surface area contributed by atoms with Gasteiger partial charge in [0.05, 0.1) is 5.69 Å². The van der Waals surface area contributed by atoms with Crippen LogP contribution in [0.4, 0.5) is 11.4 Å². The molecule has 1 N–H and O–H groups in total. The highest BCUT2D eigenvalue weighted by molar-refractivity contribution is 6.04. The number of aliphatic imine (C=N–C) groups is 2. The summed E-state index contributed by atoms with van der Waals surface area (Å²) in [7, 11) is 0. The minimum Gasteiger partial charge on any atom is -0.324 e. The Morgan fingerprint density at radius 1 is 0.759 bits per heavy atom. The van der Waals surface area contributed by atoms with Gasteiger partial charge in [-0.25, -0.2) is 9.98 Å². The van der Waals surface area contributed by atoms with Gasteiger partial charge in [0.15, 0.2) is 0 Å². The van der Waals surface area contributed by atoms with Crippen LogP contribution in [0.15, 0.2) is 46.4 Å². The van der Waals surface area contributed by atoms with E-state index in [4.69, 9.17) is 9.98 Å². The Labute approximate surface area is 177 Å². The molecule has 0 heterocycles. The third-order valence-electron chi connectivity index (χ3n) is 5.05. The van der Waals surface area contributed by atoms with Gasteiger partial charge in [0.2, 0.25) is 5.96 Å². The monoisotopic (exact) mass is 391 g/mol. The summed E-state index contributed by atoms with van der Waals surface area (Å²) >= 11 is 0. The van der Waals surface area contributed by atoms with Gasteiger partial charge in [0, 0.05) is 11.4 Å². The molecular formula is C26H37N3. The van der Waals surface area contributed by atoms with Crippen molar-refractivity contribution < 1.29 is 0 Å². The van der Waals surface area contributed by atoms with E-state index in [1.807, 2.05) is 13.8 Å². The van der Waals surface area contributed by atoms with Crippen LogP contribution in [0.2, 0.25) is 0 Å². The number of guanidine groups is 1. The average molecular weight is 392 g/mol. The Bertz CT molecular complexity index is 872. The van der Waals surface area contributed by atoms with E-state index in [0.29, 0.717) is 23.7 Å². The summed E-state index contributed by atoms with van der Waals surface area (Å²) in [5.74, 6) is 1.87. The molecule has 2 rings (SSSR count). The summed E-state index contributed by atoms with van der Waals surface area (Å²) in [5, 5.41) is 3.61. The summed E-state index contributed by atoms with van der Waals surface area (Å²) < 4.78 is 0. The maximum Gasteiger partial charge on any atom is 0.227 e. The highest BCUT2D eigenvalue weighted by Gasteiger charge is 2.16. The van der Waals surface area contributed by atoms with Gasteiger partial charge in [-0.05, 0) is 60.8 Å². The van der Waals surface area contributed by atoms with Crippen LogP contribution in [0.25, 0.3) is 0 Å². The number of nitrogens with zero attached hydrogens (tertiary/aromatic N) is 2. The zero-order valence-electron chi connectivity index (χ0n) is 19.6. The van der Waals surface area contributed by atoms with Crippen LogP contribution in [-0.2, 0) is 0 Å². The molecule has 0 atom stereocenters. The zero-order chi connectivity index (χ0) is 21.7. The second-order valence-corrected chi connectivity index (χ2v) is 8.91. The van der Waals surface area contributed by atoms with Gasteiger partial charge in [-0.2, -0.15) is 0 Å². The molecule has 0 saturated heterocycles. The molecule has 2 aromatic rings. The Kier molecular flexibility index (Phi) is 7.78. The Balaban J connectivity index is 2.67. The van der Waals surface area contributed by atoms with Crippen LogP contribution >= 0.6 is 0 Å². The number of hydrogen-bond donors (Lipinski definition) is 1. The third kappa shape index (κ3) is 5.79. The van der Waals surface area contributed by atoms with Crippen molar-refractivity contribution in [2.75, 3.05) is 5.32 Å². The number of anilines is 1. The minimum absolute atomic E-state index is 0.399. The van der Waals surface area contributed by atoms with Crippen LogP contribution in [0.3, 0.4) is 0 Å². The maximum absolute atomic E-state index is 5.03. The van der Waals surface area contributed by atoms with E-state index in [-0.39, 0.29) is 0 Å². The SMILES string of the molecule is CC(C)=N/C(=N\c1c(C)cccc1C(C)C)Nc1c(C(C)C)cccc1C(C)C. The lowest BCUT2D eigenvalue weighted by Gasteiger charge is -2.21. The van der Waals surface area contributed by atoms with E-state index in [0.717, 1.165) is 17.1 Å². The van der Waals surface area contributed by atoms with Gasteiger partial charge in [-0.3, -0.25) is 0 Å². The van der Waals surface area contributed by atoms with Gasteiger partial charge in [0.25, 0.3) is 0 Å². The van der Waals surface area contributed by atoms with Crippen molar-refractivity contribution in [1.29, 1.82) is 0 Å². The van der Waals surface area contributed by atoms with E-state index >= 15 is 0 Å². The van der Waals surface area contributed by atoms with Crippen molar-refractivity contribution in [2.24, 2.45) is 9.98 Å². The minimum atomic E-state index is 0.399. The maximum atomic E-state index is 5.03. The number of rotatable bonds is 5. The fraction of sp³-hybridized carbons (Fsp3) is 0.462. The van der Waals surface area contributed by atoms with Crippen LogP contribution in [-0.4, -0.2) is 11.7 Å². The zero-order valence-corrected chi connectivity index (χ0v) is 19.6. The van der Waals surface area contributed by atoms with Crippen molar-refractivity contribution in [2.45, 2.75) is 80.1 Å².